The molecule has 5 rings (SSSR count). The van der Waals surface area contributed by atoms with Crippen molar-refractivity contribution in [3.63, 3.8) is 0 Å². The number of benzene rings is 1. The maximum atomic E-state index is 12.4. The average molecular weight is 464 g/mol. The Bertz CT molecular complexity index is 1630. The minimum Gasteiger partial charge on any atom is -0.309 e. The molecule has 5 aromatic rings. The summed E-state index contributed by atoms with van der Waals surface area (Å²) in [5, 5.41) is 11.2. The lowest BCUT2D eigenvalue weighted by Gasteiger charge is -2.12. The van der Waals surface area contributed by atoms with Crippen LogP contribution in [-0.4, -0.2) is 43.1 Å². The molecule has 1 amide bonds. The van der Waals surface area contributed by atoms with E-state index in [1.54, 1.807) is 24.7 Å². The number of hydrogen-bond acceptors (Lipinski definition) is 5. The van der Waals surface area contributed by atoms with Gasteiger partial charge in [-0.1, -0.05) is 12.0 Å². The van der Waals surface area contributed by atoms with E-state index in [0.29, 0.717) is 11.5 Å². The standard InChI is InChI=1S/C27H25N7O/c1-17-26(34-14-6-5-7-25(34)29-17)21-10-13-24(31-27(35)18(2)28-3)30-23(21)12-9-19-8-11-22-20(15-19)16-33(4)32-22/h5-8,10-11,13-16,18,28H,1-4H3,(H,30,31,35). The Morgan fingerprint density at radius 3 is 2.77 bits per heavy atom. The number of imidazole rings is 1. The fourth-order valence-electron chi connectivity index (χ4n) is 3.98. The normalized spacial score (nSPS) is 11.9. The monoisotopic (exact) mass is 463 g/mol. The molecule has 4 heterocycles. The van der Waals surface area contributed by atoms with Crippen molar-refractivity contribution in [3.05, 3.63) is 77.9 Å². The summed E-state index contributed by atoms with van der Waals surface area (Å²) in [6.45, 7) is 3.76. The first-order valence-electron chi connectivity index (χ1n) is 11.3. The van der Waals surface area contributed by atoms with Crippen LogP contribution >= 0.6 is 0 Å². The molecule has 35 heavy (non-hydrogen) atoms. The molecule has 0 saturated carbocycles. The lowest BCUT2D eigenvalue weighted by Crippen LogP contribution is -2.35. The highest BCUT2D eigenvalue weighted by Gasteiger charge is 2.17. The van der Waals surface area contributed by atoms with E-state index >= 15 is 0 Å². The van der Waals surface area contributed by atoms with E-state index in [2.05, 4.69) is 27.6 Å². The van der Waals surface area contributed by atoms with Gasteiger partial charge in [0.1, 0.15) is 17.2 Å². The SMILES string of the molecule is CNC(C)C(=O)Nc1ccc(-c2c(C)nc3ccccn23)c(C#Cc2ccc3nn(C)cc3c2)n1. The molecule has 0 saturated heterocycles. The number of amides is 1. The van der Waals surface area contributed by atoms with E-state index in [1.807, 2.05) is 73.2 Å². The molecule has 0 aliphatic carbocycles. The second-order valence-electron chi connectivity index (χ2n) is 8.39. The van der Waals surface area contributed by atoms with Gasteiger partial charge in [0.05, 0.1) is 22.9 Å². The van der Waals surface area contributed by atoms with E-state index in [4.69, 9.17) is 9.97 Å². The fraction of sp³-hybridized carbons (Fsp3) is 0.185. The van der Waals surface area contributed by atoms with E-state index in [0.717, 1.165) is 39.1 Å². The summed E-state index contributed by atoms with van der Waals surface area (Å²) < 4.78 is 3.81. The molecule has 4 aromatic heterocycles. The minimum atomic E-state index is -0.349. The van der Waals surface area contributed by atoms with Crippen LogP contribution in [0.25, 0.3) is 27.8 Å². The molecule has 1 atom stereocenters. The summed E-state index contributed by atoms with van der Waals surface area (Å²) in [5.74, 6) is 6.76. The number of carbonyl (C=O) groups is 1. The molecule has 0 radical (unpaired) electrons. The lowest BCUT2D eigenvalue weighted by molar-refractivity contribution is -0.117. The maximum absolute atomic E-state index is 12.4. The number of rotatable bonds is 4. The Hall–Kier alpha value is -4.48. The summed E-state index contributed by atoms with van der Waals surface area (Å²) in [6, 6.07) is 15.2. The van der Waals surface area contributed by atoms with Crippen molar-refractivity contribution in [2.24, 2.45) is 7.05 Å². The number of carbonyl (C=O) groups excluding carboxylic acids is 1. The van der Waals surface area contributed by atoms with Gasteiger partial charge < -0.3 is 10.6 Å². The van der Waals surface area contributed by atoms with Gasteiger partial charge in [-0.2, -0.15) is 5.10 Å². The molecule has 8 nitrogen and oxygen atoms in total. The van der Waals surface area contributed by atoms with Crippen LogP contribution in [0.15, 0.2) is 60.9 Å². The third kappa shape index (κ3) is 4.37. The van der Waals surface area contributed by atoms with Gasteiger partial charge in [-0.25, -0.2) is 9.97 Å². The van der Waals surface area contributed by atoms with Crippen molar-refractivity contribution < 1.29 is 4.79 Å². The molecule has 0 aliphatic heterocycles. The van der Waals surface area contributed by atoms with Gasteiger partial charge in [0.2, 0.25) is 5.91 Å². The van der Waals surface area contributed by atoms with Crippen molar-refractivity contribution in [1.82, 2.24) is 29.5 Å². The second kappa shape index (κ2) is 9.05. The number of nitrogens with one attached hydrogen (secondary N) is 2. The number of aromatic nitrogens is 5. The molecule has 174 valence electrons. The van der Waals surface area contributed by atoms with Gasteiger partial charge in [0.15, 0.2) is 0 Å². The van der Waals surface area contributed by atoms with Crippen molar-refractivity contribution in [3.8, 4) is 23.1 Å². The van der Waals surface area contributed by atoms with Crippen molar-refractivity contribution in [2.45, 2.75) is 19.9 Å². The Labute approximate surface area is 203 Å². The Kier molecular flexibility index (Phi) is 5.77. The number of hydrogen-bond donors (Lipinski definition) is 2. The molecule has 1 unspecified atom stereocenters. The molecule has 0 spiro atoms. The van der Waals surface area contributed by atoms with Crippen LogP contribution in [0.5, 0.6) is 0 Å². The second-order valence-corrected chi connectivity index (χ2v) is 8.39. The predicted octanol–water partition coefficient (Wildman–Crippen LogP) is 3.54. The fourth-order valence-corrected chi connectivity index (χ4v) is 3.98. The molecule has 1 aromatic carbocycles. The zero-order valence-electron chi connectivity index (χ0n) is 20.0. The van der Waals surface area contributed by atoms with E-state index < -0.39 is 0 Å². The highest BCUT2D eigenvalue weighted by molar-refractivity contribution is 5.94. The summed E-state index contributed by atoms with van der Waals surface area (Å²) >= 11 is 0. The summed E-state index contributed by atoms with van der Waals surface area (Å²) in [4.78, 5) is 21.8. The van der Waals surface area contributed by atoms with Crippen LogP contribution < -0.4 is 10.6 Å². The van der Waals surface area contributed by atoms with Crippen LogP contribution in [0.3, 0.4) is 0 Å². The number of aryl methyl sites for hydroxylation is 2. The highest BCUT2D eigenvalue weighted by atomic mass is 16.2. The van der Waals surface area contributed by atoms with Crippen LogP contribution in [0, 0.1) is 18.8 Å². The van der Waals surface area contributed by atoms with Crippen molar-refractivity contribution >= 4 is 28.3 Å². The predicted molar refractivity (Wildman–Crippen MR) is 137 cm³/mol. The van der Waals surface area contributed by atoms with Gasteiger partial charge in [-0.05, 0) is 69.3 Å². The van der Waals surface area contributed by atoms with Gasteiger partial charge in [-0.15, -0.1) is 0 Å². The topological polar surface area (TPSA) is 89.1 Å². The van der Waals surface area contributed by atoms with E-state index in [-0.39, 0.29) is 11.9 Å². The van der Waals surface area contributed by atoms with Crippen molar-refractivity contribution in [1.29, 1.82) is 0 Å². The van der Waals surface area contributed by atoms with Crippen LogP contribution in [0.4, 0.5) is 5.82 Å². The Balaban J connectivity index is 1.62. The number of fused-ring (bicyclic) bond motifs is 2. The largest absolute Gasteiger partial charge is 0.309 e. The Morgan fingerprint density at radius 1 is 1.09 bits per heavy atom. The minimum absolute atomic E-state index is 0.167. The maximum Gasteiger partial charge on any atom is 0.242 e. The number of likely N-dealkylation sites (N-methyl/N-ethyl adjacent to an activating group) is 1. The third-order valence-electron chi connectivity index (χ3n) is 5.88. The summed E-state index contributed by atoms with van der Waals surface area (Å²) in [5.41, 5.74) is 5.81. The number of anilines is 1. The zero-order valence-corrected chi connectivity index (χ0v) is 20.0. The first-order chi connectivity index (χ1) is 16.9. The first-order valence-corrected chi connectivity index (χ1v) is 11.3. The van der Waals surface area contributed by atoms with Gasteiger partial charge in [-0.3, -0.25) is 13.9 Å². The molecule has 8 heteroatoms. The van der Waals surface area contributed by atoms with Gasteiger partial charge >= 0.3 is 0 Å². The third-order valence-corrected chi connectivity index (χ3v) is 5.88. The Morgan fingerprint density at radius 2 is 1.94 bits per heavy atom. The number of nitrogens with zero attached hydrogens (tertiary/aromatic N) is 5. The van der Waals surface area contributed by atoms with Crippen LogP contribution in [0.1, 0.15) is 23.9 Å². The van der Waals surface area contributed by atoms with E-state index in [9.17, 15) is 4.79 Å². The van der Waals surface area contributed by atoms with E-state index in [1.165, 1.54) is 0 Å². The van der Waals surface area contributed by atoms with Gasteiger partial charge in [0.25, 0.3) is 0 Å². The molecule has 0 bridgehead atoms. The molecule has 0 fully saturated rings. The van der Waals surface area contributed by atoms with Crippen LogP contribution in [0.2, 0.25) is 0 Å². The zero-order chi connectivity index (χ0) is 24.5. The highest BCUT2D eigenvalue weighted by Crippen LogP contribution is 2.28. The van der Waals surface area contributed by atoms with Crippen LogP contribution in [-0.2, 0) is 11.8 Å². The first kappa shape index (κ1) is 22.3. The molecule has 0 aliphatic rings. The molecule has 2 N–H and O–H groups in total. The summed E-state index contributed by atoms with van der Waals surface area (Å²) in [6.07, 6.45) is 3.94. The van der Waals surface area contributed by atoms with Crippen molar-refractivity contribution in [2.75, 3.05) is 12.4 Å². The average Bonchev–Trinajstić information content (AvgIpc) is 3.39. The number of pyridine rings is 2. The smallest absolute Gasteiger partial charge is 0.242 e. The molecular weight excluding hydrogens is 438 g/mol. The summed E-state index contributed by atoms with van der Waals surface area (Å²) in [7, 11) is 3.64. The van der Waals surface area contributed by atoms with Gasteiger partial charge in [0, 0.05) is 36.0 Å². The lowest BCUT2D eigenvalue weighted by atomic mass is 10.1. The molecular formula is C27H25N7O. The quantitative estimate of drug-likeness (QED) is 0.398.